The van der Waals surface area contributed by atoms with Crippen LogP contribution in [0, 0.1) is 6.92 Å². The molecular formula is C12H18N2O3. The van der Waals surface area contributed by atoms with Crippen molar-refractivity contribution in [1.82, 2.24) is 5.32 Å². The summed E-state index contributed by atoms with van der Waals surface area (Å²) in [5, 5.41) is 23.5. The van der Waals surface area contributed by atoms with E-state index in [1.165, 1.54) is 0 Å². The predicted molar refractivity (Wildman–Crippen MR) is 66.2 cm³/mol. The Bertz CT molecular complexity index is 393. The van der Waals surface area contributed by atoms with E-state index >= 15 is 0 Å². The van der Waals surface area contributed by atoms with Gasteiger partial charge < -0.3 is 20.8 Å². The zero-order chi connectivity index (χ0) is 12.8. The van der Waals surface area contributed by atoms with Gasteiger partial charge in [-0.1, -0.05) is 6.07 Å². The minimum atomic E-state index is -0.807. The number of nitrogens with one attached hydrogen (secondary N) is 2. The Hall–Kier alpha value is -1.59. The van der Waals surface area contributed by atoms with Crippen molar-refractivity contribution < 1.29 is 15.0 Å². The molecule has 5 heteroatoms. The van der Waals surface area contributed by atoms with Crippen LogP contribution in [-0.2, 0) is 0 Å². The highest BCUT2D eigenvalue weighted by Crippen LogP contribution is 2.18. The van der Waals surface area contributed by atoms with E-state index in [0.29, 0.717) is 5.56 Å². The van der Waals surface area contributed by atoms with Gasteiger partial charge in [-0.25, -0.2) is 0 Å². The van der Waals surface area contributed by atoms with Gasteiger partial charge in [0, 0.05) is 24.8 Å². The van der Waals surface area contributed by atoms with E-state index in [-0.39, 0.29) is 19.1 Å². The summed E-state index contributed by atoms with van der Waals surface area (Å²) in [7, 11) is 1.58. The second kappa shape index (κ2) is 6.22. The first kappa shape index (κ1) is 13.5. The van der Waals surface area contributed by atoms with Crippen molar-refractivity contribution in [2.24, 2.45) is 0 Å². The van der Waals surface area contributed by atoms with E-state index in [1.54, 1.807) is 19.2 Å². The Morgan fingerprint density at radius 2 is 2.18 bits per heavy atom. The van der Waals surface area contributed by atoms with Gasteiger partial charge in [0.1, 0.15) is 0 Å². The van der Waals surface area contributed by atoms with E-state index in [1.807, 2.05) is 13.0 Å². The summed E-state index contributed by atoms with van der Waals surface area (Å²) in [4.78, 5) is 11.6. The van der Waals surface area contributed by atoms with E-state index in [0.717, 1.165) is 11.3 Å². The summed E-state index contributed by atoms with van der Waals surface area (Å²) in [6, 6.07) is 5.33. The molecule has 1 aromatic carbocycles. The lowest BCUT2D eigenvalue weighted by atomic mass is 10.1. The first-order chi connectivity index (χ1) is 8.10. The number of hydrogen-bond donors (Lipinski definition) is 4. The van der Waals surface area contributed by atoms with Crippen molar-refractivity contribution in [1.29, 1.82) is 0 Å². The Labute approximate surface area is 100 Å². The molecule has 5 nitrogen and oxygen atoms in total. The molecule has 4 N–H and O–H groups in total. The van der Waals surface area contributed by atoms with Crippen molar-refractivity contribution in [3.63, 3.8) is 0 Å². The van der Waals surface area contributed by atoms with Crippen LogP contribution in [0.4, 0.5) is 5.69 Å². The second-order valence-electron chi connectivity index (χ2n) is 3.77. The number of aliphatic hydroxyl groups is 2. The number of aliphatic hydroxyl groups excluding tert-OH is 2. The maximum atomic E-state index is 11.6. The summed E-state index contributed by atoms with van der Waals surface area (Å²) < 4.78 is 0. The van der Waals surface area contributed by atoms with Crippen LogP contribution in [0.25, 0.3) is 0 Å². The van der Waals surface area contributed by atoms with Gasteiger partial charge >= 0.3 is 0 Å². The SMILES string of the molecule is CNC(=O)c1cccc(NCC(O)CO)c1C. The van der Waals surface area contributed by atoms with E-state index < -0.39 is 6.10 Å². The smallest absolute Gasteiger partial charge is 0.251 e. The molecule has 0 saturated carbocycles. The fourth-order valence-corrected chi connectivity index (χ4v) is 1.50. The molecule has 0 radical (unpaired) electrons. The second-order valence-corrected chi connectivity index (χ2v) is 3.77. The fraction of sp³-hybridized carbons (Fsp3) is 0.417. The maximum absolute atomic E-state index is 11.6. The Morgan fingerprint density at radius 3 is 2.76 bits per heavy atom. The largest absolute Gasteiger partial charge is 0.394 e. The molecular weight excluding hydrogens is 220 g/mol. The molecule has 0 fully saturated rings. The van der Waals surface area contributed by atoms with Crippen molar-refractivity contribution >= 4 is 11.6 Å². The zero-order valence-electron chi connectivity index (χ0n) is 10.0. The number of amides is 1. The topological polar surface area (TPSA) is 81.6 Å². The van der Waals surface area contributed by atoms with Crippen LogP contribution in [0.1, 0.15) is 15.9 Å². The molecule has 0 aliphatic heterocycles. The number of hydrogen-bond acceptors (Lipinski definition) is 4. The predicted octanol–water partition coefficient (Wildman–Crippen LogP) is 0.120. The highest BCUT2D eigenvalue weighted by molar-refractivity contribution is 5.96. The minimum Gasteiger partial charge on any atom is -0.394 e. The van der Waals surface area contributed by atoms with Crippen molar-refractivity contribution in [2.75, 3.05) is 25.5 Å². The summed E-state index contributed by atoms with van der Waals surface area (Å²) in [6.07, 6.45) is -0.807. The molecule has 17 heavy (non-hydrogen) atoms. The van der Waals surface area contributed by atoms with E-state index in [4.69, 9.17) is 5.11 Å². The Kier molecular flexibility index (Phi) is 4.93. The number of carbonyl (C=O) groups excluding carboxylic acids is 1. The number of rotatable bonds is 5. The van der Waals surface area contributed by atoms with Gasteiger partial charge in [-0.2, -0.15) is 0 Å². The number of benzene rings is 1. The first-order valence-corrected chi connectivity index (χ1v) is 5.44. The summed E-state index contributed by atoms with van der Waals surface area (Å²) in [5.74, 6) is -0.145. The van der Waals surface area contributed by atoms with Gasteiger partial charge in [-0.15, -0.1) is 0 Å². The maximum Gasteiger partial charge on any atom is 0.251 e. The molecule has 1 atom stereocenters. The third kappa shape index (κ3) is 3.44. The minimum absolute atomic E-state index is 0.145. The highest BCUT2D eigenvalue weighted by atomic mass is 16.3. The van der Waals surface area contributed by atoms with Crippen molar-refractivity contribution in [3.8, 4) is 0 Å². The summed E-state index contributed by atoms with van der Waals surface area (Å²) in [5.41, 5.74) is 2.19. The standard InChI is InChI=1S/C12H18N2O3/c1-8-10(12(17)13-2)4-3-5-11(8)14-6-9(16)7-15/h3-5,9,14-16H,6-7H2,1-2H3,(H,13,17). The number of anilines is 1. The van der Waals surface area contributed by atoms with Crippen LogP contribution in [0.3, 0.4) is 0 Å². The van der Waals surface area contributed by atoms with Gasteiger partial charge in [0.15, 0.2) is 0 Å². The molecule has 0 bridgehead atoms. The normalized spacial score (nSPS) is 12.0. The van der Waals surface area contributed by atoms with Gasteiger partial charge in [0.25, 0.3) is 5.91 Å². The quantitative estimate of drug-likeness (QED) is 0.587. The van der Waals surface area contributed by atoms with Crippen LogP contribution in [0.15, 0.2) is 18.2 Å². The number of carbonyl (C=O) groups is 1. The molecule has 0 aliphatic carbocycles. The monoisotopic (exact) mass is 238 g/mol. The van der Waals surface area contributed by atoms with Crippen molar-refractivity contribution in [3.05, 3.63) is 29.3 Å². The highest BCUT2D eigenvalue weighted by Gasteiger charge is 2.10. The van der Waals surface area contributed by atoms with Crippen LogP contribution in [-0.4, -0.2) is 42.4 Å². The van der Waals surface area contributed by atoms with Crippen LogP contribution in [0.2, 0.25) is 0 Å². The molecule has 0 aromatic heterocycles. The molecule has 0 saturated heterocycles. The molecule has 1 aromatic rings. The van der Waals surface area contributed by atoms with E-state index in [2.05, 4.69) is 10.6 Å². The Balaban J connectivity index is 2.83. The lowest BCUT2D eigenvalue weighted by molar-refractivity contribution is 0.0962. The summed E-state index contributed by atoms with van der Waals surface area (Å²) >= 11 is 0. The molecule has 94 valence electrons. The first-order valence-electron chi connectivity index (χ1n) is 5.44. The summed E-state index contributed by atoms with van der Waals surface area (Å²) in [6.45, 7) is 1.79. The third-order valence-electron chi connectivity index (χ3n) is 2.54. The van der Waals surface area contributed by atoms with Crippen LogP contribution in [0.5, 0.6) is 0 Å². The van der Waals surface area contributed by atoms with Gasteiger partial charge in [-0.3, -0.25) is 4.79 Å². The van der Waals surface area contributed by atoms with Gasteiger partial charge in [0.05, 0.1) is 12.7 Å². The molecule has 1 unspecified atom stereocenters. The lowest BCUT2D eigenvalue weighted by Crippen LogP contribution is -2.24. The fourth-order valence-electron chi connectivity index (χ4n) is 1.50. The van der Waals surface area contributed by atoms with Crippen LogP contribution < -0.4 is 10.6 Å². The van der Waals surface area contributed by atoms with E-state index in [9.17, 15) is 9.90 Å². The Morgan fingerprint density at radius 1 is 1.47 bits per heavy atom. The molecule has 1 rings (SSSR count). The molecule has 0 spiro atoms. The molecule has 1 amide bonds. The average molecular weight is 238 g/mol. The lowest BCUT2D eigenvalue weighted by Gasteiger charge is -2.14. The molecule has 0 heterocycles. The molecule has 0 aliphatic rings. The van der Waals surface area contributed by atoms with Crippen LogP contribution >= 0.6 is 0 Å². The third-order valence-corrected chi connectivity index (χ3v) is 2.54. The van der Waals surface area contributed by atoms with Gasteiger partial charge in [-0.05, 0) is 24.6 Å². The average Bonchev–Trinajstić information content (AvgIpc) is 2.36. The zero-order valence-corrected chi connectivity index (χ0v) is 10.0. The van der Waals surface area contributed by atoms with Gasteiger partial charge in [0.2, 0.25) is 0 Å². The van der Waals surface area contributed by atoms with Crippen molar-refractivity contribution in [2.45, 2.75) is 13.0 Å².